The van der Waals surface area contributed by atoms with E-state index in [4.69, 9.17) is 5.11 Å². The van der Waals surface area contributed by atoms with Gasteiger partial charge in [-0.05, 0) is 66.3 Å². The normalized spacial score (nSPS) is 11.4. The molecule has 1 unspecified atom stereocenters. The van der Waals surface area contributed by atoms with E-state index < -0.39 is 5.97 Å². The number of hydrogen-bond donors (Lipinski definition) is 3. The van der Waals surface area contributed by atoms with Gasteiger partial charge in [0.05, 0.1) is 12.8 Å². The van der Waals surface area contributed by atoms with Crippen molar-refractivity contribution >= 4 is 35.0 Å². The molecule has 3 N–H and O–H groups in total. The monoisotopic (exact) mass is 473 g/mol. The van der Waals surface area contributed by atoms with E-state index in [1.54, 1.807) is 30.1 Å². The minimum absolute atomic E-state index is 0.0592. The second kappa shape index (κ2) is 11.3. The zero-order valence-corrected chi connectivity index (χ0v) is 20.5. The van der Waals surface area contributed by atoms with Crippen LogP contribution in [0.15, 0.2) is 66.7 Å². The van der Waals surface area contributed by atoms with E-state index in [0.717, 1.165) is 27.9 Å². The molecule has 0 aromatic heterocycles. The first-order chi connectivity index (χ1) is 16.6. The number of amides is 3. The van der Waals surface area contributed by atoms with Crippen LogP contribution in [0.3, 0.4) is 0 Å². The minimum Gasteiger partial charge on any atom is -0.481 e. The van der Waals surface area contributed by atoms with E-state index in [1.807, 2.05) is 69.3 Å². The number of aliphatic carboxylic acids is 1. The van der Waals surface area contributed by atoms with Gasteiger partial charge in [0.25, 0.3) is 0 Å². The Hall–Kier alpha value is -4.13. The molecule has 3 aromatic carbocycles. The molecule has 3 aromatic rings. The number of anilines is 3. The summed E-state index contributed by atoms with van der Waals surface area (Å²) in [5.74, 6) is -1.10. The number of rotatable bonds is 8. The van der Waals surface area contributed by atoms with E-state index >= 15 is 0 Å². The Balaban J connectivity index is 1.58. The minimum atomic E-state index is -0.839. The average Bonchev–Trinajstić information content (AvgIpc) is 2.80. The van der Waals surface area contributed by atoms with Gasteiger partial charge < -0.3 is 15.7 Å². The van der Waals surface area contributed by atoms with Gasteiger partial charge in [0.15, 0.2) is 0 Å². The van der Waals surface area contributed by atoms with Crippen LogP contribution in [0.5, 0.6) is 0 Å². The smallest absolute Gasteiger partial charge is 0.326 e. The van der Waals surface area contributed by atoms with Gasteiger partial charge in [-0.15, -0.1) is 0 Å². The van der Waals surface area contributed by atoms with Gasteiger partial charge in [-0.3, -0.25) is 14.5 Å². The molecule has 0 aliphatic rings. The van der Waals surface area contributed by atoms with Gasteiger partial charge in [-0.2, -0.15) is 0 Å². The summed E-state index contributed by atoms with van der Waals surface area (Å²) >= 11 is 0. The number of carbonyl (C=O) groups is 3. The van der Waals surface area contributed by atoms with Crippen molar-refractivity contribution in [3.63, 3.8) is 0 Å². The fourth-order valence-electron chi connectivity index (χ4n) is 3.89. The summed E-state index contributed by atoms with van der Waals surface area (Å²) in [6.07, 6.45) is 0.249. The zero-order valence-electron chi connectivity index (χ0n) is 20.5. The molecule has 1 atom stereocenters. The predicted octanol–water partition coefficient (Wildman–Crippen LogP) is 5.73. The van der Waals surface area contributed by atoms with Crippen molar-refractivity contribution in [2.24, 2.45) is 0 Å². The van der Waals surface area contributed by atoms with Gasteiger partial charge in [0.2, 0.25) is 5.91 Å². The summed E-state index contributed by atoms with van der Waals surface area (Å²) in [6.45, 7) is 5.71. The van der Waals surface area contributed by atoms with Crippen LogP contribution in [0.2, 0.25) is 0 Å². The summed E-state index contributed by atoms with van der Waals surface area (Å²) in [5.41, 5.74) is 5.78. The molecule has 3 amide bonds. The molecule has 0 heterocycles. The highest BCUT2D eigenvalue weighted by atomic mass is 16.4. The van der Waals surface area contributed by atoms with Crippen LogP contribution in [0.4, 0.5) is 21.9 Å². The van der Waals surface area contributed by atoms with E-state index in [-0.39, 0.29) is 30.7 Å². The van der Waals surface area contributed by atoms with Crippen molar-refractivity contribution in [3.05, 3.63) is 89.0 Å². The van der Waals surface area contributed by atoms with E-state index in [2.05, 4.69) is 10.6 Å². The fourth-order valence-corrected chi connectivity index (χ4v) is 3.89. The Labute approximate surface area is 205 Å². The number of aryl methyl sites for hydroxylation is 2. The summed E-state index contributed by atoms with van der Waals surface area (Å²) < 4.78 is 0. The molecule has 3 rings (SSSR count). The Morgan fingerprint density at radius 1 is 0.914 bits per heavy atom. The second-order valence-electron chi connectivity index (χ2n) is 8.77. The molecular formula is C28H31N3O4. The number of para-hydroxylation sites is 1. The van der Waals surface area contributed by atoms with Crippen molar-refractivity contribution in [2.75, 3.05) is 22.6 Å². The maximum absolute atomic E-state index is 12.7. The molecule has 0 bridgehead atoms. The Kier molecular flexibility index (Phi) is 8.25. The van der Waals surface area contributed by atoms with Crippen molar-refractivity contribution in [2.45, 2.75) is 39.5 Å². The first kappa shape index (κ1) is 25.5. The lowest BCUT2D eigenvalue weighted by atomic mass is 9.98. The van der Waals surface area contributed by atoms with Crippen LogP contribution in [-0.4, -0.2) is 30.1 Å². The summed E-state index contributed by atoms with van der Waals surface area (Å²) in [5, 5.41) is 14.7. The highest BCUT2D eigenvalue weighted by Crippen LogP contribution is 2.23. The third-order valence-electron chi connectivity index (χ3n) is 5.92. The molecular weight excluding hydrogens is 442 g/mol. The third-order valence-corrected chi connectivity index (χ3v) is 5.92. The number of hydrogen-bond acceptors (Lipinski definition) is 3. The topological polar surface area (TPSA) is 98.7 Å². The van der Waals surface area contributed by atoms with Crippen LogP contribution < -0.4 is 15.5 Å². The lowest BCUT2D eigenvalue weighted by molar-refractivity contribution is -0.137. The summed E-state index contributed by atoms with van der Waals surface area (Å²) in [6, 6.07) is 20.2. The predicted molar refractivity (Wildman–Crippen MR) is 139 cm³/mol. The van der Waals surface area contributed by atoms with Crippen LogP contribution in [0, 0.1) is 13.8 Å². The number of nitrogens with one attached hydrogen (secondary N) is 2. The van der Waals surface area contributed by atoms with Crippen LogP contribution in [-0.2, 0) is 16.0 Å². The number of nitrogens with zero attached hydrogens (tertiary/aromatic N) is 1. The maximum atomic E-state index is 12.7. The number of benzene rings is 3. The van der Waals surface area contributed by atoms with Gasteiger partial charge in [0.1, 0.15) is 0 Å². The van der Waals surface area contributed by atoms with Crippen LogP contribution in [0.25, 0.3) is 0 Å². The first-order valence-corrected chi connectivity index (χ1v) is 11.5. The molecule has 0 radical (unpaired) electrons. The maximum Gasteiger partial charge on any atom is 0.326 e. The highest BCUT2D eigenvalue weighted by Gasteiger charge is 2.15. The van der Waals surface area contributed by atoms with Crippen molar-refractivity contribution in [3.8, 4) is 0 Å². The molecule has 7 nitrogen and oxygen atoms in total. The number of carboxylic acid groups (broad SMARTS) is 1. The molecule has 0 saturated carbocycles. The number of carbonyl (C=O) groups excluding carboxylic acids is 2. The number of urea groups is 1. The van der Waals surface area contributed by atoms with Gasteiger partial charge >= 0.3 is 12.0 Å². The Morgan fingerprint density at radius 2 is 1.60 bits per heavy atom. The van der Waals surface area contributed by atoms with Crippen LogP contribution in [0.1, 0.15) is 41.5 Å². The third kappa shape index (κ3) is 6.93. The van der Waals surface area contributed by atoms with E-state index in [0.29, 0.717) is 11.4 Å². The molecule has 7 heteroatoms. The average molecular weight is 474 g/mol. The van der Waals surface area contributed by atoms with Crippen LogP contribution >= 0.6 is 0 Å². The molecule has 0 aliphatic heterocycles. The molecule has 0 spiro atoms. The molecule has 182 valence electrons. The second-order valence-corrected chi connectivity index (χ2v) is 8.77. The van der Waals surface area contributed by atoms with E-state index in [1.165, 1.54) is 0 Å². The van der Waals surface area contributed by atoms with Crippen molar-refractivity contribution in [1.29, 1.82) is 0 Å². The molecule has 35 heavy (non-hydrogen) atoms. The standard InChI is InChI=1S/C28H31N3O4/c1-18-7-5-6-8-25(18)31(4)28(35)30-24-14-9-21(15-20(24)3)17-26(32)29-23-12-10-22(11-13-23)19(2)16-27(33)34/h5-15,19H,16-17H2,1-4H3,(H,29,32)(H,30,35)(H,33,34). The van der Waals surface area contributed by atoms with Crippen molar-refractivity contribution in [1.82, 2.24) is 0 Å². The summed E-state index contributed by atoms with van der Waals surface area (Å²) in [4.78, 5) is 37.7. The molecule has 0 saturated heterocycles. The van der Waals surface area contributed by atoms with E-state index in [9.17, 15) is 14.4 Å². The van der Waals surface area contributed by atoms with Gasteiger partial charge in [-0.1, -0.05) is 49.4 Å². The molecule has 0 fully saturated rings. The highest BCUT2D eigenvalue weighted by molar-refractivity contribution is 6.02. The summed E-state index contributed by atoms with van der Waals surface area (Å²) in [7, 11) is 1.73. The Bertz CT molecular complexity index is 1220. The Morgan fingerprint density at radius 3 is 2.23 bits per heavy atom. The lowest BCUT2D eigenvalue weighted by Gasteiger charge is -2.21. The first-order valence-electron chi connectivity index (χ1n) is 11.5. The molecule has 0 aliphatic carbocycles. The quantitative estimate of drug-likeness (QED) is 0.389. The largest absolute Gasteiger partial charge is 0.481 e. The lowest BCUT2D eigenvalue weighted by Crippen LogP contribution is -2.31. The van der Waals surface area contributed by atoms with Gasteiger partial charge in [-0.25, -0.2) is 4.79 Å². The number of carboxylic acids is 1. The van der Waals surface area contributed by atoms with Gasteiger partial charge in [0, 0.05) is 24.1 Å². The fraction of sp³-hybridized carbons (Fsp3) is 0.250. The SMILES string of the molecule is Cc1cc(CC(=O)Nc2ccc(C(C)CC(=O)O)cc2)ccc1NC(=O)N(C)c1ccccc1C. The zero-order chi connectivity index (χ0) is 25.5. The van der Waals surface area contributed by atoms with Crippen molar-refractivity contribution < 1.29 is 19.5 Å².